The molecule has 1 fully saturated rings. The Morgan fingerprint density at radius 1 is 1.41 bits per heavy atom. The first-order valence-corrected chi connectivity index (χ1v) is 12.9. The number of thioether (sulfide) groups is 3. The number of oxime groups is 1. The Labute approximate surface area is 254 Å². The van der Waals surface area contributed by atoms with Gasteiger partial charge in [0.15, 0.2) is 17.8 Å². The van der Waals surface area contributed by atoms with E-state index in [1.165, 1.54) is 40.7 Å². The molecule has 0 radical (unpaired) electrons. The number of carbonyl (C=O) groups excluding carboxylic acids is 2. The summed E-state index contributed by atoms with van der Waals surface area (Å²) in [4.78, 5) is 49.1. The first-order valence-electron chi connectivity index (χ1n) is 8.63. The quantitative estimate of drug-likeness (QED) is 0.0683. The molecule has 1 aromatic rings. The van der Waals surface area contributed by atoms with Crippen LogP contribution >= 0.6 is 46.6 Å². The predicted molar refractivity (Wildman–Crippen MR) is 119 cm³/mol. The maximum Gasteiger partial charge on any atom is 1.00 e. The molecular weight excluding hydrogens is 548 g/mol. The average molecular weight is 564 g/mol. The van der Waals surface area contributed by atoms with Crippen LogP contribution in [-0.4, -0.2) is 79.6 Å². The fourth-order valence-electron chi connectivity index (χ4n) is 2.73. The van der Waals surface area contributed by atoms with Crippen LogP contribution in [0.2, 0.25) is 0 Å². The Morgan fingerprint density at radius 2 is 2.12 bits per heavy atom. The third kappa shape index (κ3) is 7.30. The summed E-state index contributed by atoms with van der Waals surface area (Å²) in [6.45, 7) is -0.908. The summed E-state index contributed by atoms with van der Waals surface area (Å²) in [6, 6.07) is -1.13. The van der Waals surface area contributed by atoms with E-state index in [0.717, 1.165) is 16.2 Å². The number of nitrogens with two attached hydrogens (primary N) is 1. The van der Waals surface area contributed by atoms with Crippen LogP contribution in [0.25, 0.3) is 0 Å². The summed E-state index contributed by atoms with van der Waals surface area (Å²) in [5.41, 5.74) is 5.04. The average Bonchev–Trinajstić information content (AvgIpc) is 3.17. The number of aliphatic carboxylic acids is 2. The van der Waals surface area contributed by atoms with Gasteiger partial charge in [-0.05, 0) is 6.26 Å². The molecule has 3 heterocycles. The van der Waals surface area contributed by atoms with Crippen molar-refractivity contribution in [2.75, 3.05) is 29.4 Å². The van der Waals surface area contributed by atoms with Crippen molar-refractivity contribution >= 4 is 81.2 Å². The van der Waals surface area contributed by atoms with Crippen molar-refractivity contribution in [3.8, 4) is 0 Å². The molecule has 34 heavy (non-hydrogen) atoms. The van der Waals surface area contributed by atoms with Gasteiger partial charge in [-0.2, -0.15) is 11.8 Å². The third-order valence-corrected chi connectivity index (χ3v) is 8.24. The number of nitrogen functional groups attached to an aromatic ring is 1. The Morgan fingerprint density at radius 3 is 2.68 bits per heavy atom. The van der Waals surface area contributed by atoms with E-state index < -0.39 is 47.5 Å². The van der Waals surface area contributed by atoms with Gasteiger partial charge in [0.25, 0.3) is 5.91 Å². The number of aliphatic imine (C=N–C) groups is 1. The van der Waals surface area contributed by atoms with Crippen LogP contribution in [0, 0.1) is 0 Å². The van der Waals surface area contributed by atoms with Crippen molar-refractivity contribution in [1.82, 2.24) is 9.88 Å². The van der Waals surface area contributed by atoms with E-state index in [4.69, 9.17) is 5.73 Å². The molecule has 2 aliphatic heterocycles. The first kappa shape index (κ1) is 31.6. The summed E-state index contributed by atoms with van der Waals surface area (Å²) < 4.78 is 0. The molecule has 1 saturated heterocycles. The zero-order valence-corrected chi connectivity index (χ0v) is 25.5. The predicted octanol–water partition coefficient (Wildman–Crippen LogP) is -7.40. The van der Waals surface area contributed by atoms with Gasteiger partial charge in [0.2, 0.25) is 0 Å². The molecule has 18 heteroatoms. The maximum atomic E-state index is 12.7. The molecule has 3 rings (SSSR count). The van der Waals surface area contributed by atoms with Gasteiger partial charge < -0.3 is 30.7 Å². The molecule has 2 aliphatic rings. The van der Waals surface area contributed by atoms with E-state index in [0.29, 0.717) is 15.7 Å². The van der Waals surface area contributed by atoms with Crippen LogP contribution in [0.4, 0.5) is 5.13 Å². The smallest absolute Gasteiger partial charge is 0.857 e. The second-order valence-corrected chi connectivity index (χ2v) is 10.4. The number of thiazole rings is 1. The third-order valence-electron chi connectivity index (χ3n) is 4.02. The molecule has 0 bridgehead atoms. The van der Waals surface area contributed by atoms with Gasteiger partial charge in [0.1, 0.15) is 22.5 Å². The van der Waals surface area contributed by atoms with Crippen molar-refractivity contribution in [1.29, 1.82) is 0 Å². The summed E-state index contributed by atoms with van der Waals surface area (Å²) in [5.74, 6) is -4.03. The van der Waals surface area contributed by atoms with E-state index >= 15 is 0 Å². The van der Waals surface area contributed by atoms with Crippen LogP contribution in [0.3, 0.4) is 0 Å². The molecule has 0 spiro atoms. The largest absolute Gasteiger partial charge is 1.00 e. The molecule has 2 atom stereocenters. The Hall–Kier alpha value is -0.430. The van der Waals surface area contributed by atoms with Gasteiger partial charge in [-0.15, -0.1) is 34.9 Å². The number of aromatic nitrogens is 1. The number of carboxylic acid groups (broad SMARTS) is 2. The number of β-lactam (4-membered cyclic amide) rings is 1. The number of fused-ring (bicyclic) bond motifs is 1. The molecule has 12 nitrogen and oxygen atoms in total. The second-order valence-electron chi connectivity index (χ2n) is 6.07. The molecule has 1 aromatic heterocycles. The fraction of sp³-hybridized carbons (Fsp3) is 0.375. The molecule has 0 aliphatic carbocycles. The maximum absolute atomic E-state index is 12.7. The van der Waals surface area contributed by atoms with E-state index in [1.54, 1.807) is 0 Å². The van der Waals surface area contributed by atoms with Gasteiger partial charge in [-0.1, -0.05) is 5.16 Å². The van der Waals surface area contributed by atoms with E-state index in [2.05, 4.69) is 20.0 Å². The molecule has 0 unspecified atom stereocenters. The summed E-state index contributed by atoms with van der Waals surface area (Å²) >= 11 is 5.19. The number of hydrogen-bond acceptors (Lipinski definition) is 14. The number of carbonyl (C=O) groups is 3. The van der Waals surface area contributed by atoms with Crippen LogP contribution in [-0.2, 0) is 19.2 Å². The van der Waals surface area contributed by atoms with Crippen LogP contribution in [0.5, 0.6) is 0 Å². The SMILES string of the molecule is CSCSC1=C(C(=O)O)N2C(=O)[C@@H](N=C([O-])/C(=N/OCC(=O)[O-])c3csc(N)n3)[C@H]2SC1.[Na+].[Na+]. The minimum absolute atomic E-state index is 0. The topological polar surface area (TPSA) is 194 Å². The van der Waals surface area contributed by atoms with Crippen molar-refractivity contribution in [3.05, 3.63) is 21.7 Å². The Bertz CT molecular complexity index is 1040. The van der Waals surface area contributed by atoms with Crippen molar-refractivity contribution < 1.29 is 93.7 Å². The summed E-state index contributed by atoms with van der Waals surface area (Å²) in [5, 5.41) is 37.9. The van der Waals surface area contributed by atoms with Gasteiger partial charge >= 0.3 is 65.1 Å². The molecule has 3 N–H and O–H groups in total. The van der Waals surface area contributed by atoms with Crippen LogP contribution in [0.15, 0.2) is 26.1 Å². The second kappa shape index (κ2) is 14.3. The van der Waals surface area contributed by atoms with E-state index in [9.17, 15) is 29.7 Å². The number of rotatable bonds is 10. The number of hydrogen-bond donors (Lipinski definition) is 2. The molecule has 0 saturated carbocycles. The Kier molecular flexibility index (Phi) is 13.3. The number of amides is 1. The summed E-state index contributed by atoms with van der Waals surface area (Å²) in [6.07, 6.45) is 1.88. The molecule has 172 valence electrons. The van der Waals surface area contributed by atoms with E-state index in [-0.39, 0.29) is 75.6 Å². The van der Waals surface area contributed by atoms with Crippen molar-refractivity contribution in [2.24, 2.45) is 10.1 Å². The Balaban J connectivity index is 0.00000289. The molecule has 1 amide bonds. The fourth-order valence-corrected chi connectivity index (χ4v) is 6.35. The van der Waals surface area contributed by atoms with E-state index in [1.807, 2.05) is 6.26 Å². The van der Waals surface area contributed by atoms with Gasteiger partial charge in [-0.3, -0.25) is 14.7 Å². The van der Waals surface area contributed by atoms with Crippen molar-refractivity contribution in [2.45, 2.75) is 11.4 Å². The summed E-state index contributed by atoms with van der Waals surface area (Å²) in [7, 11) is 0. The monoisotopic (exact) mass is 563 g/mol. The van der Waals surface area contributed by atoms with Crippen LogP contribution in [0.1, 0.15) is 5.69 Å². The zero-order chi connectivity index (χ0) is 23.4. The first-order chi connectivity index (χ1) is 15.2. The van der Waals surface area contributed by atoms with Gasteiger partial charge in [0, 0.05) is 27.0 Å². The van der Waals surface area contributed by atoms with Crippen molar-refractivity contribution in [3.63, 3.8) is 0 Å². The minimum Gasteiger partial charge on any atom is -0.857 e. The number of nitrogens with zero attached hydrogens (tertiary/aromatic N) is 4. The number of anilines is 1. The zero-order valence-electron chi connectivity index (χ0n) is 18.2. The molecule has 0 aromatic carbocycles. The number of carboxylic acids is 2. The molecular formula is C16H15N5Na2O7S4. The minimum atomic E-state index is -1.55. The normalized spacial score (nSPS) is 20.0. The van der Waals surface area contributed by atoms with Gasteiger partial charge in [0.05, 0.1) is 5.97 Å². The standard InChI is InChI=1S/C16H17N5O7S4.2Na/c1-29-5-32-7-4-30-14-10(13(25)21(14)11(7)15(26)27)19-12(24)9(20-28-2-8(22)23)6-3-31-16(17)18-6;;/h3,10,14H,2,4-5H2,1H3,(H2,17,18)(H,19,24)(H,22,23)(H,26,27);;/q;2*+1/p-2/b20-9+;;/t10-,14-;;/m1../s1. The van der Waals surface area contributed by atoms with Crippen LogP contribution < -0.4 is 75.1 Å². The van der Waals surface area contributed by atoms with Gasteiger partial charge in [-0.25, -0.2) is 9.78 Å².